The molecule has 0 aliphatic rings. The first kappa shape index (κ1) is 13.3. The van der Waals surface area contributed by atoms with Crippen LogP contribution in [0.25, 0.3) is 16.7 Å². The second-order valence-corrected chi connectivity index (χ2v) is 4.90. The molecule has 2 aromatic carbocycles. The van der Waals surface area contributed by atoms with Crippen molar-refractivity contribution in [3.8, 4) is 5.69 Å². The Hall–Kier alpha value is -1.65. The van der Waals surface area contributed by atoms with Gasteiger partial charge < -0.3 is 0 Å². The van der Waals surface area contributed by atoms with Crippen LogP contribution >= 0.6 is 23.2 Å². The number of alkyl halides is 1. The highest BCUT2D eigenvalue weighted by Crippen LogP contribution is 2.27. The highest BCUT2D eigenvalue weighted by Gasteiger charge is 2.14. The lowest BCUT2D eigenvalue weighted by Crippen LogP contribution is -1.99. The Morgan fingerprint density at radius 1 is 1.10 bits per heavy atom. The minimum absolute atomic E-state index is 0.00174. The lowest BCUT2D eigenvalue weighted by atomic mass is 10.2. The Balaban J connectivity index is 2.32. The molecule has 2 nitrogen and oxygen atoms in total. The molecule has 6 heteroatoms. The predicted molar refractivity (Wildman–Crippen MR) is 75.6 cm³/mol. The molecule has 0 radical (unpaired) electrons. The number of aromatic nitrogens is 2. The number of nitrogens with zero attached hydrogens (tertiary/aromatic N) is 2. The van der Waals surface area contributed by atoms with Crippen LogP contribution in [0.3, 0.4) is 0 Å². The topological polar surface area (TPSA) is 17.8 Å². The van der Waals surface area contributed by atoms with E-state index in [0.29, 0.717) is 22.5 Å². The average Bonchev–Trinajstić information content (AvgIpc) is 2.78. The summed E-state index contributed by atoms with van der Waals surface area (Å²) in [5.41, 5.74) is 1.76. The van der Waals surface area contributed by atoms with Gasteiger partial charge in [-0.3, -0.25) is 4.57 Å². The molecule has 0 N–H and O–H groups in total. The summed E-state index contributed by atoms with van der Waals surface area (Å²) >= 11 is 11.7. The minimum Gasteiger partial charge on any atom is -0.295 e. The molecule has 102 valence electrons. The van der Waals surface area contributed by atoms with Gasteiger partial charge >= 0.3 is 0 Å². The van der Waals surface area contributed by atoms with Crippen molar-refractivity contribution in [1.82, 2.24) is 9.55 Å². The molecule has 0 spiro atoms. The Labute approximate surface area is 123 Å². The van der Waals surface area contributed by atoms with Gasteiger partial charge in [0.15, 0.2) is 0 Å². The van der Waals surface area contributed by atoms with Crippen LogP contribution in [0.4, 0.5) is 8.78 Å². The Bertz CT molecular complexity index is 782. The summed E-state index contributed by atoms with van der Waals surface area (Å²) in [7, 11) is 0. The van der Waals surface area contributed by atoms with Gasteiger partial charge in [-0.15, -0.1) is 11.6 Å². The maximum Gasteiger partial charge on any atom is 0.144 e. The molecular weight excluding hydrogens is 305 g/mol. The maximum atomic E-state index is 13.5. The minimum atomic E-state index is -0.538. The first-order valence-electron chi connectivity index (χ1n) is 5.78. The van der Waals surface area contributed by atoms with Crippen LogP contribution < -0.4 is 0 Å². The largest absolute Gasteiger partial charge is 0.295 e. The summed E-state index contributed by atoms with van der Waals surface area (Å²) < 4.78 is 28.2. The van der Waals surface area contributed by atoms with Gasteiger partial charge in [0.2, 0.25) is 0 Å². The van der Waals surface area contributed by atoms with Gasteiger partial charge in [0.05, 0.1) is 21.9 Å². The lowest BCUT2D eigenvalue weighted by Gasteiger charge is -2.08. The van der Waals surface area contributed by atoms with Crippen molar-refractivity contribution >= 4 is 34.2 Å². The summed E-state index contributed by atoms with van der Waals surface area (Å²) in [4.78, 5) is 4.27. The molecule has 1 heterocycles. The third-order valence-corrected chi connectivity index (χ3v) is 3.50. The smallest absolute Gasteiger partial charge is 0.144 e. The van der Waals surface area contributed by atoms with Crippen LogP contribution in [0.1, 0.15) is 5.82 Å². The molecule has 20 heavy (non-hydrogen) atoms. The standard InChI is InChI=1S/C14H8Cl2F2N2/c15-7-14-19-12-6-11(18)10(16)5-13(12)20(14)9-3-1-8(17)2-4-9/h1-6H,7H2. The molecule has 0 aliphatic carbocycles. The van der Waals surface area contributed by atoms with Crippen molar-refractivity contribution in [2.24, 2.45) is 0 Å². The zero-order valence-electron chi connectivity index (χ0n) is 10.1. The van der Waals surface area contributed by atoms with Crippen LogP contribution in [0, 0.1) is 11.6 Å². The van der Waals surface area contributed by atoms with Crippen LogP contribution in [0.15, 0.2) is 36.4 Å². The van der Waals surface area contributed by atoms with Crippen LogP contribution in [-0.2, 0) is 5.88 Å². The van der Waals surface area contributed by atoms with Gasteiger partial charge in [0.1, 0.15) is 17.5 Å². The van der Waals surface area contributed by atoms with Gasteiger partial charge in [-0.05, 0) is 30.3 Å². The summed E-state index contributed by atoms with van der Waals surface area (Å²) in [5.74, 6) is -0.195. The molecule has 0 saturated carbocycles. The number of imidazole rings is 1. The van der Waals surface area contributed by atoms with Gasteiger partial charge in [-0.2, -0.15) is 0 Å². The van der Waals surface area contributed by atoms with Crippen LogP contribution in [0.2, 0.25) is 5.02 Å². The number of hydrogen-bond donors (Lipinski definition) is 0. The summed E-state index contributed by atoms with van der Waals surface area (Å²) in [5, 5.41) is 0.00174. The fourth-order valence-electron chi connectivity index (χ4n) is 2.09. The first-order valence-corrected chi connectivity index (χ1v) is 6.69. The second kappa shape index (κ2) is 5.04. The van der Waals surface area contributed by atoms with Gasteiger partial charge in [0.25, 0.3) is 0 Å². The highest BCUT2D eigenvalue weighted by atomic mass is 35.5. The number of fused-ring (bicyclic) bond motifs is 1. The van der Waals surface area contributed by atoms with E-state index in [1.165, 1.54) is 24.3 Å². The Morgan fingerprint density at radius 2 is 1.80 bits per heavy atom. The van der Waals surface area contributed by atoms with E-state index in [4.69, 9.17) is 23.2 Å². The van der Waals surface area contributed by atoms with Crippen molar-refractivity contribution in [3.63, 3.8) is 0 Å². The van der Waals surface area contributed by atoms with E-state index in [2.05, 4.69) is 4.98 Å². The van der Waals surface area contributed by atoms with E-state index in [0.717, 1.165) is 0 Å². The molecule has 0 bridgehead atoms. The first-order chi connectivity index (χ1) is 9.60. The summed E-state index contributed by atoms with van der Waals surface area (Å²) in [6.45, 7) is 0. The Morgan fingerprint density at radius 3 is 2.45 bits per heavy atom. The highest BCUT2D eigenvalue weighted by molar-refractivity contribution is 6.31. The van der Waals surface area contributed by atoms with Crippen molar-refractivity contribution in [2.45, 2.75) is 5.88 Å². The zero-order chi connectivity index (χ0) is 14.3. The van der Waals surface area contributed by atoms with Crippen molar-refractivity contribution < 1.29 is 8.78 Å². The van der Waals surface area contributed by atoms with Crippen LogP contribution in [0.5, 0.6) is 0 Å². The molecule has 3 rings (SSSR count). The quantitative estimate of drug-likeness (QED) is 0.627. The zero-order valence-corrected chi connectivity index (χ0v) is 11.6. The third-order valence-electron chi connectivity index (χ3n) is 2.97. The number of rotatable bonds is 2. The van der Waals surface area contributed by atoms with E-state index in [1.54, 1.807) is 16.7 Å². The van der Waals surface area contributed by atoms with E-state index in [1.807, 2.05) is 0 Å². The summed E-state index contributed by atoms with van der Waals surface area (Å²) in [6.07, 6.45) is 0. The number of benzene rings is 2. The van der Waals surface area contributed by atoms with Gasteiger partial charge in [-0.1, -0.05) is 11.6 Å². The molecule has 0 unspecified atom stereocenters. The molecular formula is C14H8Cl2F2N2. The molecule has 0 amide bonds. The van der Waals surface area contributed by atoms with Crippen molar-refractivity contribution in [3.05, 3.63) is 58.9 Å². The monoisotopic (exact) mass is 312 g/mol. The maximum absolute atomic E-state index is 13.5. The molecule has 1 aromatic heterocycles. The fourth-order valence-corrected chi connectivity index (χ4v) is 2.43. The van der Waals surface area contributed by atoms with Crippen molar-refractivity contribution in [2.75, 3.05) is 0 Å². The predicted octanol–water partition coefficient (Wildman–Crippen LogP) is 4.70. The molecule has 3 aromatic rings. The van der Waals surface area contributed by atoms with E-state index in [-0.39, 0.29) is 16.7 Å². The molecule has 0 fully saturated rings. The van der Waals surface area contributed by atoms with E-state index in [9.17, 15) is 8.78 Å². The van der Waals surface area contributed by atoms with E-state index >= 15 is 0 Å². The average molecular weight is 313 g/mol. The summed E-state index contributed by atoms with van der Waals surface area (Å²) in [6, 6.07) is 8.62. The molecule has 0 aliphatic heterocycles. The van der Waals surface area contributed by atoms with Crippen molar-refractivity contribution in [1.29, 1.82) is 0 Å². The molecule has 0 atom stereocenters. The van der Waals surface area contributed by atoms with Gasteiger partial charge in [0, 0.05) is 11.8 Å². The normalized spacial score (nSPS) is 11.2. The SMILES string of the molecule is Fc1ccc(-n2c(CCl)nc3cc(F)c(Cl)cc32)cc1. The van der Waals surface area contributed by atoms with Gasteiger partial charge in [-0.25, -0.2) is 13.8 Å². The number of hydrogen-bond acceptors (Lipinski definition) is 1. The Kier molecular flexibility index (Phi) is 3.36. The number of halogens is 4. The second-order valence-electron chi connectivity index (χ2n) is 4.23. The molecule has 0 saturated heterocycles. The fraction of sp³-hybridized carbons (Fsp3) is 0.0714. The van der Waals surface area contributed by atoms with Crippen LogP contribution in [-0.4, -0.2) is 9.55 Å². The third kappa shape index (κ3) is 2.15. The van der Waals surface area contributed by atoms with E-state index < -0.39 is 5.82 Å². The lowest BCUT2D eigenvalue weighted by molar-refractivity contribution is 0.627.